The first-order chi connectivity index (χ1) is 24.1. The van der Waals surface area contributed by atoms with Crippen molar-refractivity contribution in [3.63, 3.8) is 0 Å². The molecular formula is C35H50N4O11. The lowest BCUT2D eigenvalue weighted by Crippen LogP contribution is -2.54. The highest BCUT2D eigenvalue weighted by Crippen LogP contribution is 2.37. The summed E-state index contributed by atoms with van der Waals surface area (Å²) in [6, 6.07) is 9.49. The van der Waals surface area contributed by atoms with Crippen molar-refractivity contribution in [1.82, 2.24) is 14.9 Å². The molecule has 1 fully saturated rings. The van der Waals surface area contributed by atoms with Crippen molar-refractivity contribution in [2.45, 2.75) is 114 Å². The average molecular weight is 703 g/mol. The highest BCUT2D eigenvalue weighted by atomic mass is 16.7. The van der Waals surface area contributed by atoms with Crippen molar-refractivity contribution < 1.29 is 44.2 Å². The number of hydrogen-bond acceptors (Lipinski definition) is 11. The summed E-state index contributed by atoms with van der Waals surface area (Å²) in [4.78, 5) is 53.0. The number of H-pyrrole nitrogens is 1. The van der Waals surface area contributed by atoms with Gasteiger partial charge in [-0.2, -0.15) is 0 Å². The molecule has 15 nitrogen and oxygen atoms in total. The van der Waals surface area contributed by atoms with E-state index in [2.05, 4.69) is 22.5 Å². The molecule has 1 aromatic carbocycles. The van der Waals surface area contributed by atoms with Gasteiger partial charge in [-0.3, -0.25) is 23.9 Å². The maximum Gasteiger partial charge on any atom is 0.330 e. The zero-order valence-electron chi connectivity index (χ0n) is 28.3. The number of para-hydroxylation sites is 1. The van der Waals surface area contributed by atoms with Crippen LogP contribution in [0.3, 0.4) is 0 Å². The second kappa shape index (κ2) is 19.5. The summed E-state index contributed by atoms with van der Waals surface area (Å²) in [5.74, 6) is -3.06. The van der Waals surface area contributed by atoms with Crippen LogP contribution in [0.2, 0.25) is 0 Å². The largest absolute Gasteiger partial charge is 0.456 e. The Hall–Kier alpha value is -3.86. The van der Waals surface area contributed by atoms with Crippen LogP contribution in [0.15, 0.2) is 64.0 Å². The van der Waals surface area contributed by atoms with Crippen LogP contribution in [0.4, 0.5) is 5.69 Å². The van der Waals surface area contributed by atoms with E-state index in [9.17, 15) is 39.6 Å². The summed E-state index contributed by atoms with van der Waals surface area (Å²) in [5, 5.41) is 48.2. The molecule has 8 atom stereocenters. The molecule has 0 aliphatic carbocycles. The number of nitrogens with one attached hydrogen (secondary N) is 3. The average Bonchev–Trinajstić information content (AvgIpc) is 3.42. The number of anilines is 1. The number of aliphatic hydroxyl groups is 4. The van der Waals surface area contributed by atoms with Crippen molar-refractivity contribution >= 4 is 17.5 Å². The molecule has 2 aliphatic rings. The number of aliphatic hydroxyl groups excluding tert-OH is 4. The van der Waals surface area contributed by atoms with Gasteiger partial charge in [-0.1, -0.05) is 82.9 Å². The zero-order valence-corrected chi connectivity index (χ0v) is 28.3. The van der Waals surface area contributed by atoms with E-state index in [0.717, 1.165) is 48.6 Å². The summed E-state index contributed by atoms with van der Waals surface area (Å²) >= 11 is 0. The lowest BCUT2D eigenvalue weighted by Gasteiger charge is -2.35. The second-order valence-corrected chi connectivity index (χ2v) is 12.7. The molecule has 3 heterocycles. The van der Waals surface area contributed by atoms with E-state index in [0.29, 0.717) is 12.1 Å². The summed E-state index contributed by atoms with van der Waals surface area (Å²) in [7, 11) is 0. The number of benzene rings is 1. The van der Waals surface area contributed by atoms with Crippen molar-refractivity contribution in [2.24, 2.45) is 5.92 Å². The molecule has 50 heavy (non-hydrogen) atoms. The van der Waals surface area contributed by atoms with Gasteiger partial charge in [-0.25, -0.2) is 4.79 Å². The van der Waals surface area contributed by atoms with Crippen LogP contribution in [0.5, 0.6) is 0 Å². The molecule has 276 valence electrons. The van der Waals surface area contributed by atoms with E-state index >= 15 is 0 Å². The fourth-order valence-corrected chi connectivity index (χ4v) is 6.07. The second-order valence-electron chi connectivity index (χ2n) is 12.7. The van der Waals surface area contributed by atoms with Crippen molar-refractivity contribution in [1.29, 1.82) is 0 Å². The number of hydrogen-bond donors (Lipinski definition) is 7. The van der Waals surface area contributed by atoms with Crippen molar-refractivity contribution in [3.8, 4) is 0 Å². The van der Waals surface area contributed by atoms with Crippen LogP contribution in [0.1, 0.15) is 77.4 Å². The third-order valence-electron chi connectivity index (χ3n) is 8.90. The molecule has 0 saturated carbocycles. The van der Waals surface area contributed by atoms with Gasteiger partial charge in [0.15, 0.2) is 18.1 Å². The van der Waals surface area contributed by atoms with Crippen LogP contribution >= 0.6 is 0 Å². The lowest BCUT2D eigenvalue weighted by atomic mass is 9.94. The summed E-state index contributed by atoms with van der Waals surface area (Å²) in [5.41, 5.74) is -1.13. The Kier molecular flexibility index (Phi) is 15.2. The smallest absolute Gasteiger partial charge is 0.330 e. The lowest BCUT2D eigenvalue weighted by molar-refractivity contribution is -0.240. The van der Waals surface area contributed by atoms with Crippen molar-refractivity contribution in [3.05, 3.63) is 75.3 Å². The predicted molar refractivity (Wildman–Crippen MR) is 182 cm³/mol. The number of rotatable bonds is 19. The van der Waals surface area contributed by atoms with Gasteiger partial charge in [0.2, 0.25) is 6.29 Å². The number of ether oxygens (including phenoxy) is 3. The van der Waals surface area contributed by atoms with E-state index in [4.69, 9.17) is 14.2 Å². The molecule has 1 aromatic heterocycles. The molecule has 15 heteroatoms. The van der Waals surface area contributed by atoms with Gasteiger partial charge in [-0.05, 0) is 24.6 Å². The molecule has 2 aliphatic heterocycles. The van der Waals surface area contributed by atoms with Crippen LogP contribution in [-0.2, 0) is 23.8 Å². The molecule has 2 aromatic rings. The van der Waals surface area contributed by atoms with E-state index in [1.807, 2.05) is 0 Å². The Bertz CT molecular complexity index is 1510. The van der Waals surface area contributed by atoms with Crippen LogP contribution < -0.4 is 21.9 Å². The molecule has 4 rings (SSSR count). The third-order valence-corrected chi connectivity index (χ3v) is 8.90. The fraction of sp³-hybridized carbons (Fsp3) is 0.600. The maximum absolute atomic E-state index is 13.7. The first kappa shape index (κ1) is 38.9. The molecule has 1 saturated heterocycles. The summed E-state index contributed by atoms with van der Waals surface area (Å²) < 4.78 is 18.5. The number of carbonyl (C=O) groups is 2. The molecule has 7 N–H and O–H groups in total. The highest BCUT2D eigenvalue weighted by Gasteiger charge is 2.52. The molecular weight excluding hydrogens is 652 g/mol. The van der Waals surface area contributed by atoms with Gasteiger partial charge in [0.1, 0.15) is 24.4 Å². The Labute approximate surface area is 290 Å². The standard InChI is InChI=1S/C35H50N4O11/c1-2-3-4-5-6-7-8-9-10-14-18-36-32(46)30(29-23(21-40)27(43)33(49-29)39-19-17-26(42)38-35(39)47)50-34-28(44)24(41)20-25(48-34)31(45)37-22-15-12-11-13-16-22/h11-13,15-17,19-20,23-24,27-30,33-34,40-41,43-44H,2-10,14,18,21H2,1H3,(H,36,46)(H,37,45)(H,38,42,47)/t23-,24-,27+,28-,29-,30+,33+,34+/m0/s1. The van der Waals surface area contributed by atoms with Gasteiger partial charge in [0.25, 0.3) is 17.4 Å². The number of aromatic nitrogens is 2. The quantitative estimate of drug-likeness (QED) is 0.104. The van der Waals surface area contributed by atoms with Gasteiger partial charge in [0, 0.05) is 30.4 Å². The normalized spacial score (nSPS) is 25.4. The van der Waals surface area contributed by atoms with Crippen LogP contribution in [-0.4, -0.2) is 91.8 Å². The monoisotopic (exact) mass is 702 g/mol. The predicted octanol–water partition coefficient (Wildman–Crippen LogP) is 1.43. The fourth-order valence-electron chi connectivity index (χ4n) is 6.07. The minimum absolute atomic E-state index is 0.262. The zero-order chi connectivity index (χ0) is 36.0. The molecule has 0 radical (unpaired) electrons. The number of nitrogens with zero attached hydrogens (tertiary/aromatic N) is 1. The van der Waals surface area contributed by atoms with Gasteiger partial charge >= 0.3 is 5.69 Å². The maximum atomic E-state index is 13.7. The molecule has 2 amide bonds. The van der Waals surface area contributed by atoms with Gasteiger partial charge in [0.05, 0.1) is 6.61 Å². The number of carbonyl (C=O) groups excluding carboxylic acids is 2. The third kappa shape index (κ3) is 10.6. The van der Waals surface area contributed by atoms with E-state index < -0.39 is 78.6 Å². The Balaban J connectivity index is 1.47. The SMILES string of the molecule is CCCCCCCCCCCCNC(=O)[C@H](O[C@H]1OC(C(=O)Nc2ccccc2)=C[C@H](O)[C@@H]1O)[C@H]1O[C@@H](n2ccc(=O)[nH]c2=O)[C@H](O)[C@@H]1CO. The number of amides is 2. The van der Waals surface area contributed by atoms with Crippen molar-refractivity contribution in [2.75, 3.05) is 18.5 Å². The van der Waals surface area contributed by atoms with Crippen LogP contribution in [0, 0.1) is 5.92 Å². The van der Waals surface area contributed by atoms with E-state index in [1.54, 1.807) is 30.3 Å². The highest BCUT2D eigenvalue weighted by molar-refractivity contribution is 6.02. The Morgan fingerprint density at radius 3 is 2.24 bits per heavy atom. The Morgan fingerprint density at radius 1 is 0.940 bits per heavy atom. The summed E-state index contributed by atoms with van der Waals surface area (Å²) in [6.45, 7) is 1.75. The van der Waals surface area contributed by atoms with E-state index in [-0.39, 0.29) is 12.3 Å². The van der Waals surface area contributed by atoms with Crippen LogP contribution in [0.25, 0.3) is 0 Å². The summed E-state index contributed by atoms with van der Waals surface area (Å²) in [6.07, 6.45) is 1.87. The minimum Gasteiger partial charge on any atom is -0.456 e. The number of unbranched alkanes of at least 4 members (excludes halogenated alkanes) is 9. The number of aromatic amines is 1. The van der Waals surface area contributed by atoms with Gasteiger partial charge < -0.3 is 45.3 Å². The topological polar surface area (TPSA) is 222 Å². The molecule has 0 unspecified atom stereocenters. The first-order valence-electron chi connectivity index (χ1n) is 17.4. The Morgan fingerprint density at radius 2 is 1.60 bits per heavy atom. The first-order valence-corrected chi connectivity index (χ1v) is 17.4. The van der Waals surface area contributed by atoms with E-state index in [1.165, 1.54) is 32.1 Å². The minimum atomic E-state index is -1.77. The van der Waals surface area contributed by atoms with Gasteiger partial charge in [-0.15, -0.1) is 0 Å². The molecule has 0 bridgehead atoms. The molecule has 0 spiro atoms.